The van der Waals surface area contributed by atoms with Crippen molar-refractivity contribution in [2.75, 3.05) is 48.8 Å². The van der Waals surface area contributed by atoms with Crippen LogP contribution in [0.15, 0.2) is 45.9 Å². The topological polar surface area (TPSA) is 106 Å². The van der Waals surface area contributed by atoms with E-state index in [1.807, 2.05) is 29.6 Å². The summed E-state index contributed by atoms with van der Waals surface area (Å²) in [5, 5.41) is 18.6. The molecule has 1 saturated carbocycles. The Balaban J connectivity index is 1.20. The van der Waals surface area contributed by atoms with E-state index in [1.54, 1.807) is 11.3 Å². The Kier molecular flexibility index (Phi) is 5.81. The first-order chi connectivity index (χ1) is 16.7. The fraction of sp³-hybridized carbons (Fsp3) is 0.435. The lowest BCUT2D eigenvalue weighted by atomic mass is 10.3. The summed E-state index contributed by atoms with van der Waals surface area (Å²) >= 11 is 1.64. The van der Waals surface area contributed by atoms with Gasteiger partial charge < -0.3 is 30.8 Å². The van der Waals surface area contributed by atoms with Gasteiger partial charge in [-0.3, -0.25) is 0 Å². The van der Waals surface area contributed by atoms with Crippen LogP contribution in [0.5, 0.6) is 0 Å². The maximum Gasteiger partial charge on any atom is 0.226 e. The zero-order chi connectivity index (χ0) is 22.9. The minimum atomic E-state index is 0.0388. The molecule has 1 saturated heterocycles. The molecule has 6 rings (SSSR count). The molecule has 10 nitrogen and oxygen atoms in total. The molecule has 11 heteroatoms. The molecular formula is C23H29N9OS. The Morgan fingerprint density at radius 1 is 1.21 bits per heavy atom. The van der Waals surface area contributed by atoms with Crippen molar-refractivity contribution in [1.29, 1.82) is 0 Å². The van der Waals surface area contributed by atoms with Gasteiger partial charge in [-0.1, -0.05) is 11.2 Å². The van der Waals surface area contributed by atoms with Crippen LogP contribution < -0.4 is 26.3 Å². The summed E-state index contributed by atoms with van der Waals surface area (Å²) in [4.78, 5) is 13.0. The second kappa shape index (κ2) is 9.24. The number of hydrogen-bond donors (Lipinski definition) is 4. The molecule has 5 heterocycles. The van der Waals surface area contributed by atoms with Crippen molar-refractivity contribution in [3.63, 3.8) is 0 Å². The normalized spacial score (nSPS) is 20.8. The van der Waals surface area contributed by atoms with Gasteiger partial charge in [0.25, 0.3) is 0 Å². The van der Waals surface area contributed by atoms with Crippen LogP contribution in [0.4, 0.5) is 17.6 Å². The highest BCUT2D eigenvalue weighted by Crippen LogP contribution is 2.37. The number of nitrogens with one attached hydrogen (secondary N) is 4. The quantitative estimate of drug-likeness (QED) is 0.385. The largest absolute Gasteiger partial charge is 0.359 e. The first-order valence-corrected chi connectivity index (χ1v) is 12.6. The molecule has 0 radical (unpaired) electrons. The number of nitrogens with zero attached hydrogens (tertiary/aromatic N) is 5. The molecule has 1 aliphatic carbocycles. The van der Waals surface area contributed by atoms with Gasteiger partial charge in [-0.05, 0) is 36.3 Å². The molecule has 0 spiro atoms. The number of hydrazine groups is 1. The van der Waals surface area contributed by atoms with Crippen molar-refractivity contribution >= 4 is 28.9 Å². The molecule has 3 aromatic heterocycles. The van der Waals surface area contributed by atoms with Crippen molar-refractivity contribution < 1.29 is 4.52 Å². The third-order valence-electron chi connectivity index (χ3n) is 6.28. The average molecular weight is 480 g/mol. The van der Waals surface area contributed by atoms with Crippen LogP contribution in [0.25, 0.3) is 10.6 Å². The lowest BCUT2D eigenvalue weighted by Gasteiger charge is -2.29. The third-order valence-corrected chi connectivity index (χ3v) is 7.17. The molecular weight excluding hydrogens is 450 g/mol. The van der Waals surface area contributed by atoms with Gasteiger partial charge in [-0.15, -0.1) is 11.3 Å². The van der Waals surface area contributed by atoms with E-state index in [1.165, 1.54) is 18.5 Å². The van der Waals surface area contributed by atoms with E-state index >= 15 is 0 Å². The summed E-state index contributed by atoms with van der Waals surface area (Å²) < 4.78 is 5.53. The van der Waals surface area contributed by atoms with Crippen LogP contribution in [0.2, 0.25) is 0 Å². The standard InChI is InChI=1S/C23H29N9OS/c1-31-21(12-17(29-31)15-4-5-15)26-20-13-22(32-8-6-24-7-9-32)28-23(27-20)25-14-16-11-18(30-33-16)19-3-2-10-34-19/h2-3,10-13,15,21,24,29H,4-9,14H2,1H3,(H2,25,26,27,28). The van der Waals surface area contributed by atoms with Crippen LogP contribution in [0.3, 0.4) is 0 Å². The summed E-state index contributed by atoms with van der Waals surface area (Å²) in [5.41, 5.74) is 5.63. The molecule has 1 unspecified atom stereocenters. The minimum absolute atomic E-state index is 0.0388. The zero-order valence-electron chi connectivity index (χ0n) is 19.1. The molecule has 3 aromatic rings. The average Bonchev–Trinajstić information content (AvgIpc) is 3.22. The molecule has 1 atom stereocenters. The van der Waals surface area contributed by atoms with Crippen molar-refractivity contribution in [3.05, 3.63) is 47.2 Å². The van der Waals surface area contributed by atoms with Gasteiger partial charge in [-0.25, -0.2) is 5.01 Å². The summed E-state index contributed by atoms with van der Waals surface area (Å²) in [7, 11) is 2.05. The Morgan fingerprint density at radius 2 is 2.09 bits per heavy atom. The van der Waals surface area contributed by atoms with Gasteiger partial charge >= 0.3 is 0 Å². The first-order valence-electron chi connectivity index (χ1n) is 11.8. The number of rotatable bonds is 8. The van der Waals surface area contributed by atoms with E-state index in [0.717, 1.165) is 54.1 Å². The third kappa shape index (κ3) is 4.72. The second-order valence-electron chi connectivity index (χ2n) is 8.89. The number of allylic oxidation sites excluding steroid dienone is 1. The SMILES string of the molecule is CN1NC(C2CC2)=CC1Nc1cc(N2CCNCC2)nc(NCc2cc(-c3cccs3)no2)n1. The highest BCUT2D eigenvalue weighted by Gasteiger charge is 2.32. The van der Waals surface area contributed by atoms with E-state index in [9.17, 15) is 0 Å². The van der Waals surface area contributed by atoms with Crippen molar-refractivity contribution in [2.45, 2.75) is 25.6 Å². The van der Waals surface area contributed by atoms with Gasteiger partial charge in [-0.2, -0.15) is 9.97 Å². The maximum atomic E-state index is 5.53. The lowest BCUT2D eigenvalue weighted by Crippen LogP contribution is -2.44. The van der Waals surface area contributed by atoms with E-state index < -0.39 is 0 Å². The number of hydrogen-bond acceptors (Lipinski definition) is 11. The van der Waals surface area contributed by atoms with Crippen molar-refractivity contribution in [1.82, 2.24) is 30.9 Å². The molecule has 34 heavy (non-hydrogen) atoms. The number of thiophene rings is 1. The van der Waals surface area contributed by atoms with Crippen LogP contribution in [-0.2, 0) is 6.54 Å². The van der Waals surface area contributed by atoms with E-state index in [2.05, 4.69) is 49.6 Å². The Labute approximate surface area is 202 Å². The predicted octanol–water partition coefficient (Wildman–Crippen LogP) is 2.70. The predicted molar refractivity (Wildman–Crippen MR) is 133 cm³/mol. The summed E-state index contributed by atoms with van der Waals surface area (Å²) in [5.74, 6) is 3.68. The van der Waals surface area contributed by atoms with Gasteiger partial charge in [0.05, 0.1) is 11.4 Å². The van der Waals surface area contributed by atoms with Crippen molar-refractivity contribution in [3.8, 4) is 10.6 Å². The van der Waals surface area contributed by atoms with Crippen LogP contribution in [0, 0.1) is 5.92 Å². The van der Waals surface area contributed by atoms with Gasteiger partial charge in [0, 0.05) is 51.1 Å². The number of likely N-dealkylation sites (N-methyl/N-ethyl adjacent to an activating group) is 1. The first kappa shape index (κ1) is 21.4. The Bertz CT molecular complexity index is 1150. The fourth-order valence-electron chi connectivity index (χ4n) is 4.25. The zero-order valence-corrected chi connectivity index (χ0v) is 19.9. The van der Waals surface area contributed by atoms with Crippen LogP contribution >= 0.6 is 11.3 Å². The second-order valence-corrected chi connectivity index (χ2v) is 9.84. The van der Waals surface area contributed by atoms with Gasteiger partial charge in [0.1, 0.15) is 23.5 Å². The molecule has 3 aliphatic rings. The van der Waals surface area contributed by atoms with Crippen LogP contribution in [-0.4, -0.2) is 59.5 Å². The highest BCUT2D eigenvalue weighted by molar-refractivity contribution is 7.13. The minimum Gasteiger partial charge on any atom is -0.359 e. The molecule has 2 fully saturated rings. The summed E-state index contributed by atoms with van der Waals surface area (Å²) in [6, 6.07) is 8.05. The lowest BCUT2D eigenvalue weighted by molar-refractivity contribution is 0.261. The monoisotopic (exact) mass is 479 g/mol. The van der Waals surface area contributed by atoms with Gasteiger partial charge in [0.2, 0.25) is 5.95 Å². The smallest absolute Gasteiger partial charge is 0.226 e. The molecule has 2 aliphatic heterocycles. The molecule has 0 bridgehead atoms. The maximum absolute atomic E-state index is 5.53. The molecule has 4 N–H and O–H groups in total. The van der Waals surface area contributed by atoms with E-state index in [-0.39, 0.29) is 6.17 Å². The Morgan fingerprint density at radius 3 is 2.88 bits per heavy atom. The number of aromatic nitrogens is 3. The number of anilines is 3. The number of piperazine rings is 1. The van der Waals surface area contributed by atoms with Gasteiger partial charge in [0.15, 0.2) is 5.76 Å². The summed E-state index contributed by atoms with van der Waals surface area (Å²) in [6.45, 7) is 4.18. The Hall–Kier alpha value is -3.15. The molecule has 0 aromatic carbocycles. The molecule has 178 valence electrons. The van der Waals surface area contributed by atoms with Crippen molar-refractivity contribution in [2.24, 2.45) is 5.92 Å². The fourth-order valence-corrected chi connectivity index (χ4v) is 4.93. The van der Waals surface area contributed by atoms with Crippen LogP contribution in [0.1, 0.15) is 18.6 Å². The summed E-state index contributed by atoms with van der Waals surface area (Å²) in [6.07, 6.45) is 4.84. The van der Waals surface area contributed by atoms with E-state index in [0.29, 0.717) is 18.4 Å². The highest BCUT2D eigenvalue weighted by atomic mass is 32.1. The van der Waals surface area contributed by atoms with E-state index in [4.69, 9.17) is 14.5 Å². The molecule has 0 amide bonds.